The number of hydrogen-bond acceptors (Lipinski definition) is 3. The minimum absolute atomic E-state index is 0.00938. The van der Waals surface area contributed by atoms with E-state index in [1.807, 2.05) is 0 Å². The summed E-state index contributed by atoms with van der Waals surface area (Å²) in [5.41, 5.74) is 2.98. The van der Waals surface area contributed by atoms with Gasteiger partial charge in [-0.05, 0) is 86.1 Å². The van der Waals surface area contributed by atoms with Crippen LogP contribution in [0, 0.1) is 23.2 Å². The summed E-state index contributed by atoms with van der Waals surface area (Å²) >= 11 is 0. The van der Waals surface area contributed by atoms with Crippen molar-refractivity contribution in [3.05, 3.63) is 29.8 Å². The van der Waals surface area contributed by atoms with Gasteiger partial charge < -0.3 is 4.74 Å². The van der Waals surface area contributed by atoms with Crippen molar-refractivity contribution in [2.75, 3.05) is 0 Å². The smallest absolute Gasteiger partial charge is 0.406 e. The molecular formula is C19H21F3N2O2. The number of carbonyl (C=O) groups excluding carboxylic acids is 1. The van der Waals surface area contributed by atoms with Crippen LogP contribution >= 0.6 is 0 Å². The van der Waals surface area contributed by atoms with Crippen LogP contribution in [0.3, 0.4) is 0 Å². The van der Waals surface area contributed by atoms with Crippen LogP contribution in [0.25, 0.3) is 0 Å². The second kappa shape index (κ2) is 6.28. The van der Waals surface area contributed by atoms with Crippen LogP contribution < -0.4 is 10.2 Å². The quantitative estimate of drug-likeness (QED) is 0.640. The Labute approximate surface area is 149 Å². The first-order valence-electron chi connectivity index (χ1n) is 9.01. The second-order valence-corrected chi connectivity index (χ2v) is 8.01. The molecule has 0 heterocycles. The predicted molar refractivity (Wildman–Crippen MR) is 89.5 cm³/mol. The molecule has 1 aromatic rings. The molecule has 4 bridgehead atoms. The number of halogens is 3. The molecule has 0 unspecified atom stereocenters. The van der Waals surface area contributed by atoms with Crippen LogP contribution in [0.4, 0.5) is 13.2 Å². The van der Waals surface area contributed by atoms with Gasteiger partial charge in [0.15, 0.2) is 0 Å². The largest absolute Gasteiger partial charge is 0.573 e. The van der Waals surface area contributed by atoms with E-state index >= 15 is 0 Å². The van der Waals surface area contributed by atoms with Gasteiger partial charge in [-0.15, -0.1) is 13.2 Å². The first kappa shape index (κ1) is 17.4. The van der Waals surface area contributed by atoms with E-state index in [1.54, 1.807) is 0 Å². The number of nitrogens with one attached hydrogen (secondary N) is 1. The third-order valence-corrected chi connectivity index (χ3v) is 6.01. The summed E-state index contributed by atoms with van der Waals surface area (Å²) in [6.07, 6.45) is 3.42. The molecule has 1 aromatic carbocycles. The van der Waals surface area contributed by atoms with E-state index in [0.29, 0.717) is 23.3 Å². The van der Waals surface area contributed by atoms with Crippen LogP contribution in [-0.2, 0) is 4.79 Å². The summed E-state index contributed by atoms with van der Waals surface area (Å²) in [4.78, 5) is 12.7. The SMILES string of the molecule is O=C(N/N=C/c1ccc(OC(F)(F)F)cc1)C12CC3CC(CC(C3)C1)C2. The fourth-order valence-electron chi connectivity index (χ4n) is 5.43. The number of amides is 1. The molecular weight excluding hydrogens is 345 g/mol. The number of ether oxygens (including phenoxy) is 1. The van der Waals surface area contributed by atoms with Crippen molar-refractivity contribution < 1.29 is 22.7 Å². The lowest BCUT2D eigenvalue weighted by molar-refractivity contribution is -0.274. The molecule has 1 N–H and O–H groups in total. The zero-order chi connectivity index (χ0) is 18.4. The first-order chi connectivity index (χ1) is 12.3. The van der Waals surface area contributed by atoms with Crippen LogP contribution in [0.2, 0.25) is 0 Å². The Morgan fingerprint density at radius 1 is 1.08 bits per heavy atom. The lowest BCUT2D eigenvalue weighted by atomic mass is 9.49. The molecule has 0 radical (unpaired) electrons. The number of rotatable bonds is 4. The Hall–Kier alpha value is -2.05. The van der Waals surface area contributed by atoms with E-state index in [1.165, 1.54) is 49.7 Å². The zero-order valence-corrected chi connectivity index (χ0v) is 14.3. The molecule has 0 spiro atoms. The van der Waals surface area contributed by atoms with Gasteiger partial charge >= 0.3 is 6.36 Å². The van der Waals surface area contributed by atoms with Crippen molar-refractivity contribution in [3.63, 3.8) is 0 Å². The molecule has 7 heteroatoms. The van der Waals surface area contributed by atoms with Crippen molar-refractivity contribution >= 4 is 12.1 Å². The number of nitrogens with zero attached hydrogens (tertiary/aromatic N) is 1. The van der Waals surface area contributed by atoms with Crippen LogP contribution in [0.5, 0.6) is 5.75 Å². The summed E-state index contributed by atoms with van der Waals surface area (Å²) < 4.78 is 40.3. The highest BCUT2D eigenvalue weighted by atomic mass is 19.4. The molecule has 5 rings (SSSR count). The third kappa shape index (κ3) is 3.57. The van der Waals surface area contributed by atoms with Gasteiger partial charge in [0.05, 0.1) is 11.6 Å². The topological polar surface area (TPSA) is 50.7 Å². The number of benzene rings is 1. The van der Waals surface area contributed by atoms with E-state index in [9.17, 15) is 18.0 Å². The molecule has 0 aromatic heterocycles. The molecule has 4 aliphatic carbocycles. The fourth-order valence-corrected chi connectivity index (χ4v) is 5.43. The van der Waals surface area contributed by atoms with Gasteiger partial charge in [-0.1, -0.05) is 0 Å². The summed E-state index contributed by atoms with van der Waals surface area (Å²) in [6, 6.07) is 5.36. The Morgan fingerprint density at radius 2 is 1.62 bits per heavy atom. The molecule has 140 valence electrons. The molecule has 1 amide bonds. The lowest BCUT2D eigenvalue weighted by Crippen LogP contribution is -2.52. The summed E-state index contributed by atoms with van der Waals surface area (Å²) in [5, 5.41) is 4.02. The van der Waals surface area contributed by atoms with Gasteiger partial charge in [-0.25, -0.2) is 5.43 Å². The summed E-state index contributed by atoms with van der Waals surface area (Å²) in [7, 11) is 0. The summed E-state index contributed by atoms with van der Waals surface area (Å²) in [6.45, 7) is 0. The monoisotopic (exact) mass is 366 g/mol. The van der Waals surface area contributed by atoms with Crippen LogP contribution in [-0.4, -0.2) is 18.5 Å². The molecule has 4 aliphatic rings. The Kier molecular flexibility index (Phi) is 4.20. The highest BCUT2D eigenvalue weighted by Gasteiger charge is 2.54. The van der Waals surface area contributed by atoms with Crippen molar-refractivity contribution in [1.29, 1.82) is 0 Å². The van der Waals surface area contributed by atoms with Gasteiger partial charge in [-0.3, -0.25) is 4.79 Å². The maximum atomic E-state index is 12.7. The van der Waals surface area contributed by atoms with Gasteiger partial charge in [0.1, 0.15) is 5.75 Å². The van der Waals surface area contributed by atoms with Crippen molar-refractivity contribution in [1.82, 2.24) is 5.43 Å². The van der Waals surface area contributed by atoms with E-state index in [-0.39, 0.29) is 17.1 Å². The predicted octanol–water partition coefficient (Wildman–Crippen LogP) is 4.25. The lowest BCUT2D eigenvalue weighted by Gasteiger charge is -2.55. The van der Waals surface area contributed by atoms with Crippen LogP contribution in [0.1, 0.15) is 44.1 Å². The molecule has 0 atom stereocenters. The fraction of sp³-hybridized carbons (Fsp3) is 0.579. The molecule has 0 aliphatic heterocycles. The molecule has 4 nitrogen and oxygen atoms in total. The molecule has 26 heavy (non-hydrogen) atoms. The average Bonchev–Trinajstić information content (AvgIpc) is 2.54. The van der Waals surface area contributed by atoms with Crippen molar-refractivity contribution in [2.45, 2.75) is 44.9 Å². The van der Waals surface area contributed by atoms with Crippen molar-refractivity contribution in [2.24, 2.45) is 28.3 Å². The second-order valence-electron chi connectivity index (χ2n) is 8.01. The minimum Gasteiger partial charge on any atom is -0.406 e. The maximum Gasteiger partial charge on any atom is 0.573 e. The van der Waals surface area contributed by atoms with E-state index in [0.717, 1.165) is 19.3 Å². The number of carbonyl (C=O) groups is 1. The standard InChI is InChI=1S/C19H21F3N2O2/c20-19(21,22)26-16-3-1-12(2-4-16)11-23-24-17(25)18-8-13-5-14(9-18)7-15(6-13)10-18/h1-4,11,13-15H,5-10H2,(H,24,25)/b23-11+. The first-order valence-corrected chi connectivity index (χ1v) is 9.01. The number of hydrogen-bond donors (Lipinski definition) is 1. The third-order valence-electron chi connectivity index (χ3n) is 6.01. The molecule has 4 saturated carbocycles. The summed E-state index contributed by atoms with van der Waals surface area (Å²) in [5.74, 6) is 1.74. The van der Waals surface area contributed by atoms with Crippen LogP contribution in [0.15, 0.2) is 29.4 Å². The molecule has 0 saturated heterocycles. The van der Waals surface area contributed by atoms with Gasteiger partial charge in [0.2, 0.25) is 5.91 Å². The molecule has 4 fully saturated rings. The van der Waals surface area contributed by atoms with E-state index < -0.39 is 6.36 Å². The minimum atomic E-state index is -4.71. The highest BCUT2D eigenvalue weighted by molar-refractivity contribution is 5.85. The van der Waals surface area contributed by atoms with Gasteiger partial charge in [0.25, 0.3) is 0 Å². The van der Waals surface area contributed by atoms with E-state index in [2.05, 4.69) is 15.3 Å². The highest BCUT2D eigenvalue weighted by Crippen LogP contribution is 2.60. The number of hydrazone groups is 1. The van der Waals surface area contributed by atoms with Crippen molar-refractivity contribution in [3.8, 4) is 5.75 Å². The number of alkyl halides is 3. The normalized spacial score (nSPS) is 32.8. The average molecular weight is 366 g/mol. The Bertz CT molecular complexity index is 677. The van der Waals surface area contributed by atoms with Gasteiger partial charge in [-0.2, -0.15) is 5.10 Å². The maximum absolute atomic E-state index is 12.7. The Morgan fingerprint density at radius 3 is 2.12 bits per heavy atom. The van der Waals surface area contributed by atoms with Gasteiger partial charge in [0, 0.05) is 0 Å². The zero-order valence-electron chi connectivity index (χ0n) is 14.3. The Balaban J connectivity index is 1.36. The van der Waals surface area contributed by atoms with E-state index in [4.69, 9.17) is 0 Å².